The second kappa shape index (κ2) is 6.45. The third-order valence-electron chi connectivity index (χ3n) is 2.51. The summed E-state index contributed by atoms with van der Waals surface area (Å²) in [6.45, 7) is 0. The molecule has 0 aromatic heterocycles. The molecule has 0 aliphatic heterocycles. The van der Waals surface area contributed by atoms with Crippen LogP contribution in [0.15, 0.2) is 53.4 Å². The number of hydrogen-bond acceptors (Lipinski definition) is 3. The number of rotatable bonds is 3. The van der Waals surface area contributed by atoms with E-state index in [0.29, 0.717) is 5.11 Å². The zero-order valence-corrected chi connectivity index (χ0v) is 12.1. The summed E-state index contributed by atoms with van der Waals surface area (Å²) in [4.78, 5) is 0.840. The molecule has 0 radical (unpaired) electrons. The highest BCUT2D eigenvalue weighted by molar-refractivity contribution is 7.81. The molecule has 3 nitrogen and oxygen atoms in total. The summed E-state index contributed by atoms with van der Waals surface area (Å²) in [5.74, 6) is 0.741. The van der Waals surface area contributed by atoms with Crippen LogP contribution in [0.5, 0.6) is 5.75 Å². The highest BCUT2D eigenvalue weighted by Crippen LogP contribution is 2.24. The first-order valence-electron chi connectivity index (χ1n) is 5.69. The molecular formula is C14H14N2OS2. The largest absolute Gasteiger partial charge is 0.495 e. The maximum Gasteiger partial charge on any atom is 0.175 e. The molecule has 0 unspecified atom stereocenters. The lowest BCUT2D eigenvalue weighted by molar-refractivity contribution is 0.417. The van der Waals surface area contributed by atoms with Gasteiger partial charge in [0.2, 0.25) is 0 Å². The predicted molar refractivity (Wildman–Crippen MR) is 86.5 cm³/mol. The summed E-state index contributed by atoms with van der Waals surface area (Å²) in [5, 5.41) is 6.69. The summed E-state index contributed by atoms with van der Waals surface area (Å²) in [6, 6.07) is 15.3. The Balaban J connectivity index is 2.08. The average Bonchev–Trinajstić information content (AvgIpc) is 2.42. The Morgan fingerprint density at radius 3 is 2.26 bits per heavy atom. The topological polar surface area (TPSA) is 33.3 Å². The molecule has 2 aromatic carbocycles. The number of thiocarbonyl (C=S) groups is 1. The molecule has 0 heterocycles. The highest BCUT2D eigenvalue weighted by atomic mass is 32.1. The predicted octanol–water partition coefficient (Wildman–Crippen LogP) is 3.79. The maximum atomic E-state index is 5.27. The third-order valence-corrected chi connectivity index (χ3v) is 3.10. The second-order valence-corrected chi connectivity index (χ2v) is 4.69. The van der Waals surface area contributed by atoms with E-state index in [1.54, 1.807) is 7.11 Å². The lowest BCUT2D eigenvalue weighted by atomic mass is 10.3. The Morgan fingerprint density at radius 1 is 1.00 bits per heavy atom. The number of nitrogens with one attached hydrogen (secondary N) is 2. The molecule has 0 saturated carbocycles. The number of ether oxygens (including phenoxy) is 1. The monoisotopic (exact) mass is 290 g/mol. The van der Waals surface area contributed by atoms with Crippen molar-refractivity contribution in [1.29, 1.82) is 0 Å². The molecule has 0 aliphatic carbocycles. The van der Waals surface area contributed by atoms with Gasteiger partial charge >= 0.3 is 0 Å². The van der Waals surface area contributed by atoms with Crippen LogP contribution in [0.1, 0.15) is 0 Å². The van der Waals surface area contributed by atoms with Crippen LogP contribution in [0.4, 0.5) is 11.4 Å². The van der Waals surface area contributed by atoms with E-state index in [2.05, 4.69) is 23.3 Å². The molecule has 0 saturated heterocycles. The number of hydrogen-bond donors (Lipinski definition) is 3. The number of anilines is 2. The summed E-state index contributed by atoms with van der Waals surface area (Å²) in [6.07, 6.45) is 0. The van der Waals surface area contributed by atoms with Crippen LogP contribution >= 0.6 is 24.8 Å². The molecule has 0 fully saturated rings. The fourth-order valence-electron chi connectivity index (χ4n) is 1.60. The first kappa shape index (κ1) is 13.7. The van der Waals surface area contributed by atoms with E-state index in [4.69, 9.17) is 17.0 Å². The van der Waals surface area contributed by atoms with E-state index in [9.17, 15) is 0 Å². The van der Waals surface area contributed by atoms with Crippen LogP contribution < -0.4 is 15.4 Å². The van der Waals surface area contributed by atoms with E-state index in [1.165, 1.54) is 0 Å². The van der Waals surface area contributed by atoms with Crippen molar-refractivity contribution in [2.75, 3.05) is 17.7 Å². The van der Waals surface area contributed by atoms with Crippen molar-refractivity contribution < 1.29 is 4.74 Å². The van der Waals surface area contributed by atoms with Crippen molar-refractivity contribution in [3.63, 3.8) is 0 Å². The van der Waals surface area contributed by atoms with Crippen molar-refractivity contribution in [1.82, 2.24) is 0 Å². The number of benzene rings is 2. The van der Waals surface area contributed by atoms with Gasteiger partial charge in [0.25, 0.3) is 0 Å². The van der Waals surface area contributed by atoms with Crippen molar-refractivity contribution in [3.8, 4) is 5.75 Å². The highest BCUT2D eigenvalue weighted by Gasteiger charge is 2.05. The maximum absolute atomic E-state index is 5.27. The van der Waals surface area contributed by atoms with E-state index < -0.39 is 0 Å². The minimum absolute atomic E-state index is 0.492. The van der Waals surface area contributed by atoms with Gasteiger partial charge in [-0.25, -0.2) is 0 Å². The Morgan fingerprint density at radius 2 is 1.58 bits per heavy atom. The fourth-order valence-corrected chi connectivity index (χ4v) is 2.04. The van der Waals surface area contributed by atoms with Crippen LogP contribution in [-0.4, -0.2) is 12.2 Å². The SMILES string of the molecule is COc1ccccc1NC(=S)Nc1ccccc1S. The molecule has 2 aromatic rings. The Kier molecular flexibility index (Phi) is 4.65. The lowest BCUT2D eigenvalue weighted by Crippen LogP contribution is -2.19. The van der Waals surface area contributed by atoms with Crippen molar-refractivity contribution in [2.45, 2.75) is 4.90 Å². The summed E-state index contributed by atoms with van der Waals surface area (Å²) < 4.78 is 5.26. The van der Waals surface area contributed by atoms with E-state index >= 15 is 0 Å². The molecule has 0 amide bonds. The molecule has 0 bridgehead atoms. The van der Waals surface area contributed by atoms with Crippen LogP contribution in [0.2, 0.25) is 0 Å². The first-order chi connectivity index (χ1) is 9.20. The van der Waals surface area contributed by atoms with Gasteiger partial charge in [0.05, 0.1) is 18.5 Å². The van der Waals surface area contributed by atoms with Crippen LogP contribution in [-0.2, 0) is 0 Å². The molecule has 0 aliphatic rings. The molecule has 0 atom stereocenters. The molecule has 98 valence electrons. The van der Waals surface area contributed by atoms with Gasteiger partial charge < -0.3 is 15.4 Å². The number of para-hydroxylation sites is 3. The Labute approximate surface area is 123 Å². The quantitative estimate of drug-likeness (QED) is 0.593. The standard InChI is InChI=1S/C14H14N2OS2/c1-17-12-8-4-2-6-10(12)15-14(19)16-11-7-3-5-9-13(11)18/h2-9,18H,1H3,(H2,15,16,19). The molecule has 5 heteroatoms. The van der Waals surface area contributed by atoms with Gasteiger partial charge in [0, 0.05) is 4.90 Å². The van der Waals surface area contributed by atoms with E-state index in [0.717, 1.165) is 22.0 Å². The van der Waals surface area contributed by atoms with Crippen molar-refractivity contribution in [3.05, 3.63) is 48.5 Å². The zero-order chi connectivity index (χ0) is 13.7. The van der Waals surface area contributed by atoms with Crippen molar-refractivity contribution >= 4 is 41.3 Å². The lowest BCUT2D eigenvalue weighted by Gasteiger charge is -2.14. The fraction of sp³-hybridized carbons (Fsp3) is 0.0714. The average molecular weight is 290 g/mol. The van der Waals surface area contributed by atoms with Gasteiger partial charge in [0.1, 0.15) is 5.75 Å². The van der Waals surface area contributed by atoms with Gasteiger partial charge in [-0.05, 0) is 36.5 Å². The van der Waals surface area contributed by atoms with Crippen LogP contribution in [0.25, 0.3) is 0 Å². The van der Waals surface area contributed by atoms with E-state index in [-0.39, 0.29) is 0 Å². The van der Waals surface area contributed by atoms with Crippen molar-refractivity contribution in [2.24, 2.45) is 0 Å². The number of thiol groups is 1. The second-order valence-electron chi connectivity index (χ2n) is 3.80. The summed E-state index contributed by atoms with van der Waals surface area (Å²) in [5.41, 5.74) is 1.68. The number of methoxy groups -OCH3 is 1. The Bertz CT molecular complexity index is 587. The van der Waals surface area contributed by atoms with Crippen LogP contribution in [0.3, 0.4) is 0 Å². The van der Waals surface area contributed by atoms with Crippen LogP contribution in [0, 0.1) is 0 Å². The summed E-state index contributed by atoms with van der Waals surface area (Å²) >= 11 is 9.64. The molecule has 19 heavy (non-hydrogen) atoms. The van der Waals surface area contributed by atoms with Gasteiger partial charge in [-0.2, -0.15) is 0 Å². The molecule has 2 N–H and O–H groups in total. The third kappa shape index (κ3) is 3.62. The van der Waals surface area contributed by atoms with Gasteiger partial charge in [-0.1, -0.05) is 24.3 Å². The minimum atomic E-state index is 0.492. The normalized spacial score (nSPS) is 9.79. The molecular weight excluding hydrogens is 276 g/mol. The molecule has 0 spiro atoms. The van der Waals surface area contributed by atoms with Gasteiger partial charge in [0.15, 0.2) is 5.11 Å². The minimum Gasteiger partial charge on any atom is -0.495 e. The summed E-state index contributed by atoms with van der Waals surface area (Å²) in [7, 11) is 1.63. The smallest absolute Gasteiger partial charge is 0.175 e. The van der Waals surface area contributed by atoms with E-state index in [1.807, 2.05) is 48.5 Å². The van der Waals surface area contributed by atoms with Gasteiger partial charge in [-0.3, -0.25) is 0 Å². The zero-order valence-electron chi connectivity index (χ0n) is 10.4. The first-order valence-corrected chi connectivity index (χ1v) is 6.55. The Hall–Kier alpha value is -1.72. The molecule has 2 rings (SSSR count). The van der Waals surface area contributed by atoms with Gasteiger partial charge in [-0.15, -0.1) is 12.6 Å².